The number of carbonyl (C=O) groups excluding carboxylic acids is 1. The molecular weight excluding hydrogens is 300 g/mol. The van der Waals surface area contributed by atoms with Crippen LogP contribution in [0.2, 0.25) is 0 Å². The van der Waals surface area contributed by atoms with E-state index in [4.69, 9.17) is 0 Å². The minimum atomic E-state index is 0.120. The van der Waals surface area contributed by atoms with Crippen molar-refractivity contribution in [2.24, 2.45) is 0 Å². The molecule has 0 saturated carbocycles. The molecule has 1 N–H and O–H groups in total. The SMILES string of the molecule is CCN(Cc1ccccc1)C(=O)Cn1nccc1C1CCCNC1. The van der Waals surface area contributed by atoms with Crippen molar-refractivity contribution in [1.82, 2.24) is 20.0 Å². The fourth-order valence-electron chi connectivity index (χ4n) is 3.33. The highest BCUT2D eigenvalue weighted by molar-refractivity contribution is 5.76. The predicted molar refractivity (Wildman–Crippen MR) is 94.6 cm³/mol. The van der Waals surface area contributed by atoms with Gasteiger partial charge in [0.05, 0.1) is 0 Å². The van der Waals surface area contributed by atoms with E-state index < -0.39 is 0 Å². The zero-order chi connectivity index (χ0) is 16.8. The van der Waals surface area contributed by atoms with Gasteiger partial charge in [0, 0.05) is 37.4 Å². The summed E-state index contributed by atoms with van der Waals surface area (Å²) in [6.45, 7) is 5.76. The standard InChI is InChI=1S/C19H26N4O/c1-2-22(14-16-7-4-3-5-8-16)19(24)15-23-18(10-12-21-23)17-9-6-11-20-13-17/h3-5,7-8,10,12,17,20H,2,6,9,11,13-15H2,1H3. The van der Waals surface area contributed by atoms with Crippen molar-refractivity contribution in [1.29, 1.82) is 0 Å². The second kappa shape index (κ2) is 8.11. The smallest absolute Gasteiger partial charge is 0.244 e. The van der Waals surface area contributed by atoms with Gasteiger partial charge in [-0.3, -0.25) is 9.48 Å². The zero-order valence-corrected chi connectivity index (χ0v) is 14.3. The van der Waals surface area contributed by atoms with Crippen LogP contribution < -0.4 is 5.32 Å². The Bertz CT molecular complexity index is 646. The van der Waals surface area contributed by atoms with Crippen LogP contribution in [0.5, 0.6) is 0 Å². The zero-order valence-electron chi connectivity index (χ0n) is 14.3. The lowest BCUT2D eigenvalue weighted by Crippen LogP contribution is -2.35. The number of hydrogen-bond acceptors (Lipinski definition) is 3. The molecule has 2 aromatic rings. The molecule has 2 heterocycles. The van der Waals surface area contributed by atoms with Crippen LogP contribution in [0.15, 0.2) is 42.6 Å². The third-order valence-electron chi connectivity index (χ3n) is 4.70. The summed E-state index contributed by atoms with van der Waals surface area (Å²) in [5.41, 5.74) is 2.33. The summed E-state index contributed by atoms with van der Waals surface area (Å²) in [6, 6.07) is 12.2. The van der Waals surface area contributed by atoms with Gasteiger partial charge in [0.2, 0.25) is 5.91 Å². The van der Waals surface area contributed by atoms with E-state index in [9.17, 15) is 4.79 Å². The Morgan fingerprint density at radius 1 is 1.33 bits per heavy atom. The minimum absolute atomic E-state index is 0.120. The molecule has 5 heteroatoms. The molecule has 0 aliphatic carbocycles. The summed E-state index contributed by atoms with van der Waals surface area (Å²) < 4.78 is 1.88. The molecule has 1 fully saturated rings. The number of rotatable bonds is 6. The fraction of sp³-hybridized carbons (Fsp3) is 0.474. The van der Waals surface area contributed by atoms with E-state index in [0.717, 1.165) is 25.1 Å². The first kappa shape index (κ1) is 16.7. The van der Waals surface area contributed by atoms with Gasteiger partial charge in [-0.1, -0.05) is 30.3 Å². The molecular formula is C19H26N4O. The molecule has 0 radical (unpaired) electrons. The average Bonchev–Trinajstić information content (AvgIpc) is 3.09. The second-order valence-corrected chi connectivity index (χ2v) is 6.35. The highest BCUT2D eigenvalue weighted by atomic mass is 16.2. The topological polar surface area (TPSA) is 50.2 Å². The molecule has 5 nitrogen and oxygen atoms in total. The van der Waals surface area contributed by atoms with Crippen molar-refractivity contribution in [3.8, 4) is 0 Å². The lowest BCUT2D eigenvalue weighted by Gasteiger charge is -2.25. The Morgan fingerprint density at radius 3 is 2.88 bits per heavy atom. The Kier molecular flexibility index (Phi) is 5.64. The van der Waals surface area contributed by atoms with Crippen molar-refractivity contribution >= 4 is 5.91 Å². The minimum Gasteiger partial charge on any atom is -0.337 e. The molecule has 1 atom stereocenters. The number of nitrogens with one attached hydrogen (secondary N) is 1. The normalized spacial score (nSPS) is 17.6. The van der Waals surface area contributed by atoms with Crippen molar-refractivity contribution in [3.63, 3.8) is 0 Å². The van der Waals surface area contributed by atoms with Crippen LogP contribution in [-0.4, -0.2) is 40.2 Å². The third kappa shape index (κ3) is 4.03. The van der Waals surface area contributed by atoms with Crippen LogP contribution in [0, 0.1) is 0 Å². The van der Waals surface area contributed by atoms with E-state index in [2.05, 4.69) is 28.6 Å². The maximum atomic E-state index is 12.7. The predicted octanol–water partition coefficient (Wildman–Crippen LogP) is 2.40. The van der Waals surface area contributed by atoms with E-state index in [1.165, 1.54) is 12.1 Å². The molecule has 128 valence electrons. The van der Waals surface area contributed by atoms with Gasteiger partial charge in [0.15, 0.2) is 0 Å². The molecule has 0 spiro atoms. The first-order valence-corrected chi connectivity index (χ1v) is 8.82. The van der Waals surface area contributed by atoms with Crippen LogP contribution in [-0.2, 0) is 17.9 Å². The van der Waals surface area contributed by atoms with Gasteiger partial charge in [-0.05, 0) is 37.9 Å². The first-order valence-electron chi connectivity index (χ1n) is 8.82. The molecule has 1 aliphatic rings. The highest BCUT2D eigenvalue weighted by Crippen LogP contribution is 2.22. The number of carbonyl (C=O) groups is 1. The van der Waals surface area contributed by atoms with Gasteiger partial charge >= 0.3 is 0 Å². The van der Waals surface area contributed by atoms with Crippen LogP contribution in [0.4, 0.5) is 0 Å². The summed E-state index contributed by atoms with van der Waals surface area (Å²) in [5.74, 6) is 0.577. The first-order chi connectivity index (χ1) is 11.8. The Morgan fingerprint density at radius 2 is 2.17 bits per heavy atom. The molecule has 1 aromatic heterocycles. The van der Waals surface area contributed by atoms with Crippen LogP contribution in [0.25, 0.3) is 0 Å². The van der Waals surface area contributed by atoms with Crippen molar-refractivity contribution in [2.75, 3.05) is 19.6 Å². The maximum Gasteiger partial charge on any atom is 0.244 e. The summed E-state index contributed by atoms with van der Waals surface area (Å²) in [7, 11) is 0. The van der Waals surface area contributed by atoms with Gasteiger partial charge in [0.25, 0.3) is 0 Å². The lowest BCUT2D eigenvalue weighted by molar-refractivity contribution is -0.132. The van der Waals surface area contributed by atoms with Gasteiger partial charge in [-0.15, -0.1) is 0 Å². The van der Waals surface area contributed by atoms with Crippen molar-refractivity contribution in [2.45, 2.75) is 38.8 Å². The van der Waals surface area contributed by atoms with E-state index in [-0.39, 0.29) is 5.91 Å². The number of aromatic nitrogens is 2. The Hall–Kier alpha value is -2.14. The summed E-state index contributed by atoms with van der Waals surface area (Å²) in [6.07, 6.45) is 4.15. The van der Waals surface area contributed by atoms with Gasteiger partial charge in [-0.2, -0.15) is 5.10 Å². The number of piperidine rings is 1. The van der Waals surface area contributed by atoms with Gasteiger partial charge in [0.1, 0.15) is 6.54 Å². The molecule has 1 unspecified atom stereocenters. The molecule has 1 saturated heterocycles. The number of likely N-dealkylation sites (N-methyl/N-ethyl adjacent to an activating group) is 1. The van der Waals surface area contributed by atoms with Crippen LogP contribution in [0.3, 0.4) is 0 Å². The van der Waals surface area contributed by atoms with E-state index in [0.29, 0.717) is 25.6 Å². The van der Waals surface area contributed by atoms with Crippen LogP contribution in [0.1, 0.15) is 36.9 Å². The molecule has 1 amide bonds. The summed E-state index contributed by atoms with van der Waals surface area (Å²) in [4.78, 5) is 14.6. The lowest BCUT2D eigenvalue weighted by atomic mass is 9.96. The third-order valence-corrected chi connectivity index (χ3v) is 4.70. The quantitative estimate of drug-likeness (QED) is 0.887. The van der Waals surface area contributed by atoms with Gasteiger partial charge in [-0.25, -0.2) is 0 Å². The van der Waals surface area contributed by atoms with E-state index in [1.54, 1.807) is 0 Å². The number of hydrogen-bond donors (Lipinski definition) is 1. The molecule has 1 aromatic carbocycles. The number of amides is 1. The van der Waals surface area contributed by atoms with Crippen LogP contribution >= 0.6 is 0 Å². The van der Waals surface area contributed by atoms with Gasteiger partial charge < -0.3 is 10.2 Å². The number of benzene rings is 1. The van der Waals surface area contributed by atoms with E-state index >= 15 is 0 Å². The largest absolute Gasteiger partial charge is 0.337 e. The Labute approximate surface area is 143 Å². The molecule has 24 heavy (non-hydrogen) atoms. The molecule has 0 bridgehead atoms. The monoisotopic (exact) mass is 326 g/mol. The van der Waals surface area contributed by atoms with Crippen molar-refractivity contribution < 1.29 is 4.79 Å². The van der Waals surface area contributed by atoms with Crippen molar-refractivity contribution in [3.05, 3.63) is 53.9 Å². The molecule has 3 rings (SSSR count). The van der Waals surface area contributed by atoms with E-state index in [1.807, 2.05) is 40.9 Å². The molecule has 1 aliphatic heterocycles. The number of nitrogens with zero attached hydrogens (tertiary/aromatic N) is 3. The fourth-order valence-corrected chi connectivity index (χ4v) is 3.33. The maximum absolute atomic E-state index is 12.7. The highest BCUT2D eigenvalue weighted by Gasteiger charge is 2.21. The Balaban J connectivity index is 1.66. The second-order valence-electron chi connectivity index (χ2n) is 6.35. The summed E-state index contributed by atoms with van der Waals surface area (Å²) >= 11 is 0. The average molecular weight is 326 g/mol. The summed E-state index contributed by atoms with van der Waals surface area (Å²) in [5, 5.41) is 7.83.